The van der Waals surface area contributed by atoms with Crippen molar-refractivity contribution in [1.82, 2.24) is 14.5 Å². The van der Waals surface area contributed by atoms with Crippen LogP contribution in [0, 0.1) is 17.8 Å². The van der Waals surface area contributed by atoms with E-state index in [0.717, 1.165) is 37.8 Å². The topological polar surface area (TPSA) is 165 Å². The number of halogens is 1. The van der Waals surface area contributed by atoms with Gasteiger partial charge in [-0.25, -0.2) is 4.21 Å². The summed E-state index contributed by atoms with van der Waals surface area (Å²) in [4.78, 5) is 30.0. The van der Waals surface area contributed by atoms with E-state index in [2.05, 4.69) is 31.2 Å². The fourth-order valence-electron chi connectivity index (χ4n) is 8.54. The number of ether oxygens (including phenoxy) is 3. The molecule has 1 spiro atoms. The van der Waals surface area contributed by atoms with Crippen molar-refractivity contribution in [2.24, 2.45) is 29.2 Å². The highest BCUT2D eigenvalue weighted by atomic mass is 35.5. The van der Waals surface area contributed by atoms with Crippen LogP contribution in [0.4, 0.5) is 5.69 Å². The minimum Gasteiger partial charge on any atom is -0.490 e. The number of anilines is 1. The van der Waals surface area contributed by atoms with E-state index >= 15 is 0 Å². The quantitative estimate of drug-likeness (QED) is 0.281. The van der Waals surface area contributed by atoms with Crippen molar-refractivity contribution in [3.63, 3.8) is 0 Å². The zero-order valence-corrected chi connectivity index (χ0v) is 33.1. The van der Waals surface area contributed by atoms with Gasteiger partial charge in [0, 0.05) is 42.3 Å². The van der Waals surface area contributed by atoms with Crippen LogP contribution in [-0.4, -0.2) is 94.0 Å². The van der Waals surface area contributed by atoms with Gasteiger partial charge >= 0.3 is 0 Å². The third-order valence-corrected chi connectivity index (χ3v) is 13.6. The molecule has 7 rings (SSSR count). The summed E-state index contributed by atoms with van der Waals surface area (Å²) in [5, 5.41) is 24.6. The highest BCUT2D eigenvalue weighted by Crippen LogP contribution is 2.47. The van der Waals surface area contributed by atoms with Gasteiger partial charge in [0.2, 0.25) is 5.88 Å². The number of aliphatic hydroxyl groups is 2. The van der Waals surface area contributed by atoms with E-state index in [9.17, 15) is 24.0 Å². The third kappa shape index (κ3) is 8.43. The standard InChI is InChI=1S/C40H50ClN5O8S/c1-25-6-4-8-35(53-21-30(48)20-47)31-12-9-28(31)18-46-23-40(15-5-7-26-16-29(41)11-13-33(26)40)24-54-36-14-10-27(17-34(36)46)37(49)43-55(51,22-25)44-38(50)32-19-45(2)42-39(32)52-3/h4,8,10-11,13-14,16-17,19,25,28,30-31,35,47-48H,5-7,9,12,15,18,20-24H2,1-3H3,(H,43,44,49,50,51)/b8-4+/t25-,28-,30?,31+,35-,40-,55?/m0/s1. The number of aryl methyl sites for hydroxylation is 2. The van der Waals surface area contributed by atoms with Gasteiger partial charge in [-0.05, 0) is 97.7 Å². The van der Waals surface area contributed by atoms with E-state index in [-0.39, 0.29) is 58.6 Å². The molecule has 2 bridgehead atoms. The summed E-state index contributed by atoms with van der Waals surface area (Å²) >= 11 is 6.47. The Kier molecular flexibility index (Phi) is 11.6. The summed E-state index contributed by atoms with van der Waals surface area (Å²) in [5.41, 5.74) is 3.13. The average molecular weight is 796 g/mol. The molecule has 2 aliphatic carbocycles. The number of carbonyl (C=O) groups excluding carboxylic acids is 2. The Hall–Kier alpha value is -3.95. The molecule has 4 aliphatic rings. The first-order chi connectivity index (χ1) is 26.4. The van der Waals surface area contributed by atoms with Gasteiger partial charge in [0.25, 0.3) is 11.8 Å². The Morgan fingerprint density at radius 1 is 1.24 bits per heavy atom. The fraction of sp³-hybridized carbons (Fsp3) is 0.525. The Balaban J connectivity index is 1.30. The highest BCUT2D eigenvalue weighted by Gasteiger charge is 2.44. The Labute approximate surface area is 327 Å². The zero-order chi connectivity index (χ0) is 38.9. The molecule has 3 aromatic rings. The normalized spacial score (nSPS) is 29.1. The number of hydrogen-bond donors (Lipinski definition) is 3. The number of allylic oxidation sites excluding steroid dienone is 1. The maximum atomic E-state index is 14.7. The molecule has 55 heavy (non-hydrogen) atoms. The molecule has 1 aromatic heterocycles. The lowest BCUT2D eigenvalue weighted by Gasteiger charge is -2.46. The van der Waals surface area contributed by atoms with Crippen LogP contribution in [0.25, 0.3) is 0 Å². The predicted octanol–water partition coefficient (Wildman–Crippen LogP) is 4.87. The van der Waals surface area contributed by atoms with Crippen LogP contribution in [0.5, 0.6) is 11.6 Å². The highest BCUT2D eigenvalue weighted by molar-refractivity contribution is 7.92. The van der Waals surface area contributed by atoms with E-state index in [1.165, 1.54) is 29.1 Å². The molecule has 296 valence electrons. The van der Waals surface area contributed by atoms with Gasteiger partial charge in [0.1, 0.15) is 27.3 Å². The summed E-state index contributed by atoms with van der Waals surface area (Å²) in [6.07, 6.45) is 9.24. The molecule has 2 amide bonds. The van der Waals surface area contributed by atoms with E-state index in [1.54, 1.807) is 25.2 Å². The van der Waals surface area contributed by atoms with Gasteiger partial charge in [-0.15, -0.1) is 9.46 Å². The first-order valence-electron chi connectivity index (χ1n) is 19.0. The number of hydrogen-bond acceptors (Lipinski definition) is 10. The molecule has 2 aliphatic heterocycles. The van der Waals surface area contributed by atoms with Crippen LogP contribution in [0.1, 0.15) is 70.9 Å². The molecule has 13 nitrogen and oxygen atoms in total. The maximum Gasteiger partial charge on any atom is 0.286 e. The van der Waals surface area contributed by atoms with Crippen molar-refractivity contribution in [2.45, 2.75) is 63.1 Å². The Morgan fingerprint density at radius 3 is 2.84 bits per heavy atom. The summed E-state index contributed by atoms with van der Waals surface area (Å²) in [5.74, 6) is -0.773. The van der Waals surface area contributed by atoms with Crippen LogP contribution in [-0.2, 0) is 33.5 Å². The molecule has 15 heteroatoms. The Morgan fingerprint density at radius 2 is 2.07 bits per heavy atom. The number of benzene rings is 2. The molecule has 0 saturated heterocycles. The SMILES string of the molecule is COc1nn(C)cc1C(=O)NS1(=O)=NC(=O)c2ccc3c(c2)N(C[C@@H]2CC[C@H]2[C@@H](OCC(O)CO)/C=C/C[C@H](C)C1)C[C@@]1(CCCc2cc(Cl)ccc21)CO3. The summed E-state index contributed by atoms with van der Waals surface area (Å²) in [6.45, 7) is 3.19. The number of aromatic nitrogens is 2. The number of nitrogens with one attached hydrogen (secondary N) is 1. The lowest BCUT2D eigenvalue weighted by molar-refractivity contribution is -0.0585. The van der Waals surface area contributed by atoms with E-state index < -0.39 is 34.4 Å². The number of rotatable bonds is 7. The lowest BCUT2D eigenvalue weighted by atomic mass is 9.68. The van der Waals surface area contributed by atoms with Crippen molar-refractivity contribution in [1.29, 1.82) is 0 Å². The largest absolute Gasteiger partial charge is 0.490 e. The van der Waals surface area contributed by atoms with Crippen LogP contribution in [0.15, 0.2) is 59.1 Å². The molecule has 7 atom stereocenters. The molecule has 1 fully saturated rings. The van der Waals surface area contributed by atoms with E-state index in [1.807, 2.05) is 25.1 Å². The van der Waals surface area contributed by atoms with Crippen LogP contribution >= 0.6 is 11.6 Å². The molecule has 1 saturated carbocycles. The molecule has 2 aromatic carbocycles. The smallest absolute Gasteiger partial charge is 0.286 e. The van der Waals surface area contributed by atoms with Gasteiger partial charge in [0.05, 0.1) is 44.5 Å². The number of carbonyl (C=O) groups is 2. The van der Waals surface area contributed by atoms with Crippen LogP contribution in [0.2, 0.25) is 5.02 Å². The second-order valence-corrected chi connectivity index (χ2v) is 18.0. The van der Waals surface area contributed by atoms with Crippen molar-refractivity contribution >= 4 is 39.0 Å². The van der Waals surface area contributed by atoms with Crippen LogP contribution < -0.4 is 19.1 Å². The summed E-state index contributed by atoms with van der Waals surface area (Å²) in [6, 6.07) is 11.3. The van der Waals surface area contributed by atoms with E-state index in [0.29, 0.717) is 36.9 Å². The minimum atomic E-state index is -3.67. The number of aliphatic hydroxyl groups excluding tert-OH is 2. The molecule has 0 radical (unpaired) electrons. The van der Waals surface area contributed by atoms with Gasteiger partial charge in [-0.3, -0.25) is 19.0 Å². The number of amides is 2. The monoisotopic (exact) mass is 795 g/mol. The van der Waals surface area contributed by atoms with E-state index in [4.69, 9.17) is 25.8 Å². The van der Waals surface area contributed by atoms with Crippen molar-refractivity contribution in [3.8, 4) is 11.6 Å². The number of fused-ring (bicyclic) bond motifs is 4. The number of nitrogens with zero attached hydrogens (tertiary/aromatic N) is 4. The van der Waals surface area contributed by atoms with Gasteiger partial charge in [0.15, 0.2) is 0 Å². The summed E-state index contributed by atoms with van der Waals surface area (Å²) < 4.78 is 41.1. The van der Waals surface area contributed by atoms with Crippen molar-refractivity contribution < 1.29 is 38.2 Å². The molecule has 3 N–H and O–H groups in total. The summed E-state index contributed by atoms with van der Waals surface area (Å²) in [7, 11) is -0.652. The first kappa shape index (κ1) is 39.3. The molecule has 2 unspecified atom stereocenters. The van der Waals surface area contributed by atoms with Crippen molar-refractivity contribution in [2.75, 3.05) is 50.7 Å². The maximum absolute atomic E-state index is 14.7. The minimum absolute atomic E-state index is 0.0187. The van der Waals surface area contributed by atoms with Gasteiger partial charge in [-0.2, -0.15) is 0 Å². The lowest BCUT2D eigenvalue weighted by Crippen LogP contribution is -2.50. The second kappa shape index (κ2) is 16.3. The zero-order valence-electron chi connectivity index (χ0n) is 31.5. The van der Waals surface area contributed by atoms with Crippen LogP contribution in [0.3, 0.4) is 0 Å². The Bertz CT molecular complexity index is 2080. The van der Waals surface area contributed by atoms with Gasteiger partial charge in [-0.1, -0.05) is 36.7 Å². The fourth-order valence-corrected chi connectivity index (χ4v) is 10.6. The second-order valence-electron chi connectivity index (χ2n) is 15.6. The predicted molar refractivity (Wildman–Crippen MR) is 209 cm³/mol. The van der Waals surface area contributed by atoms with Gasteiger partial charge < -0.3 is 29.3 Å². The molecular formula is C40H50ClN5O8S. The van der Waals surface area contributed by atoms with Crippen molar-refractivity contribution in [3.05, 3.63) is 82.0 Å². The molecule has 3 heterocycles. The molecular weight excluding hydrogens is 746 g/mol. The number of methoxy groups -OCH3 is 1. The third-order valence-electron chi connectivity index (χ3n) is 11.4. The average Bonchev–Trinajstić information content (AvgIpc) is 3.46. The first-order valence-corrected chi connectivity index (χ1v) is 21.0.